The summed E-state index contributed by atoms with van der Waals surface area (Å²) in [6.07, 6.45) is 1.18. The minimum atomic E-state index is -0.867. The van der Waals surface area contributed by atoms with Gasteiger partial charge in [0.25, 0.3) is 5.91 Å². The summed E-state index contributed by atoms with van der Waals surface area (Å²) in [7, 11) is 1.76. The summed E-state index contributed by atoms with van der Waals surface area (Å²) < 4.78 is 1.60. The molecule has 0 saturated carbocycles. The number of aliphatic hydroxyl groups excluding tert-OH is 1. The third-order valence-electron chi connectivity index (χ3n) is 5.33. The van der Waals surface area contributed by atoms with Gasteiger partial charge in [0.2, 0.25) is 5.91 Å². The molecular weight excluding hydrogens is 296 g/mol. The highest BCUT2D eigenvalue weighted by Crippen LogP contribution is 2.37. The fraction of sp³-hybridized carbons (Fsp3) is 0.688. The topological polar surface area (TPSA) is 87.5 Å². The predicted molar refractivity (Wildman–Crippen MR) is 83.9 cm³/mol. The van der Waals surface area contributed by atoms with Gasteiger partial charge in [-0.2, -0.15) is 5.10 Å². The summed E-state index contributed by atoms with van der Waals surface area (Å²) in [4.78, 5) is 27.0. The molecule has 1 spiro atoms. The Bertz CT molecular complexity index is 654. The van der Waals surface area contributed by atoms with Crippen LogP contribution in [0.5, 0.6) is 0 Å². The Labute approximate surface area is 135 Å². The Kier molecular flexibility index (Phi) is 3.91. The largest absolute Gasteiger partial charge is 0.392 e. The quantitative estimate of drug-likeness (QED) is 0.770. The van der Waals surface area contributed by atoms with Crippen LogP contribution in [-0.4, -0.2) is 57.3 Å². The van der Waals surface area contributed by atoms with Crippen LogP contribution in [0.3, 0.4) is 0 Å². The highest BCUT2D eigenvalue weighted by Gasteiger charge is 2.50. The van der Waals surface area contributed by atoms with E-state index in [9.17, 15) is 14.7 Å². The summed E-state index contributed by atoms with van der Waals surface area (Å²) in [5.74, 6) is -0.248. The van der Waals surface area contributed by atoms with E-state index in [1.807, 2.05) is 13.8 Å². The van der Waals surface area contributed by atoms with E-state index in [0.717, 1.165) is 17.7 Å². The number of hydrogen-bond acceptors (Lipinski definition) is 4. The maximum absolute atomic E-state index is 12.9. The number of aliphatic hydroxyl groups is 1. The maximum Gasteiger partial charge on any atom is 0.272 e. The van der Waals surface area contributed by atoms with Gasteiger partial charge in [0.15, 0.2) is 0 Å². The third kappa shape index (κ3) is 2.43. The van der Waals surface area contributed by atoms with Gasteiger partial charge >= 0.3 is 0 Å². The lowest BCUT2D eigenvalue weighted by atomic mass is 9.71. The monoisotopic (exact) mass is 320 g/mol. The molecule has 2 aliphatic heterocycles. The number of nitrogens with one attached hydrogen (secondary N) is 1. The molecule has 7 nitrogen and oxygen atoms in total. The lowest BCUT2D eigenvalue weighted by molar-refractivity contribution is -0.147. The second-order valence-corrected chi connectivity index (χ2v) is 6.73. The number of carbonyl (C=O) groups is 2. The molecule has 0 unspecified atom stereocenters. The zero-order valence-corrected chi connectivity index (χ0v) is 13.9. The number of nitrogens with zero attached hydrogens (tertiary/aromatic N) is 3. The van der Waals surface area contributed by atoms with Crippen molar-refractivity contribution in [3.8, 4) is 0 Å². The van der Waals surface area contributed by atoms with Crippen molar-refractivity contribution in [2.75, 3.05) is 19.6 Å². The lowest BCUT2D eigenvalue weighted by Gasteiger charge is -2.46. The molecule has 2 N–H and O–H groups in total. The number of aromatic nitrogens is 2. The van der Waals surface area contributed by atoms with Gasteiger partial charge in [-0.3, -0.25) is 14.3 Å². The number of amides is 2. The van der Waals surface area contributed by atoms with Gasteiger partial charge in [-0.15, -0.1) is 0 Å². The molecule has 7 heteroatoms. The van der Waals surface area contributed by atoms with Crippen molar-refractivity contribution in [3.05, 3.63) is 17.0 Å². The van der Waals surface area contributed by atoms with Gasteiger partial charge in [-0.1, -0.05) is 0 Å². The van der Waals surface area contributed by atoms with E-state index in [2.05, 4.69) is 10.4 Å². The number of rotatable bonds is 1. The van der Waals surface area contributed by atoms with Crippen LogP contribution >= 0.6 is 0 Å². The van der Waals surface area contributed by atoms with Crippen LogP contribution in [-0.2, 0) is 11.8 Å². The van der Waals surface area contributed by atoms with Gasteiger partial charge in [0.1, 0.15) is 5.69 Å². The molecule has 0 aliphatic carbocycles. The molecule has 3 rings (SSSR count). The number of carbonyl (C=O) groups excluding carboxylic acids is 2. The molecule has 2 fully saturated rings. The average molecular weight is 320 g/mol. The summed E-state index contributed by atoms with van der Waals surface area (Å²) >= 11 is 0. The van der Waals surface area contributed by atoms with E-state index in [4.69, 9.17) is 0 Å². The van der Waals surface area contributed by atoms with Crippen molar-refractivity contribution < 1.29 is 14.7 Å². The van der Waals surface area contributed by atoms with Gasteiger partial charge in [-0.25, -0.2) is 0 Å². The minimum Gasteiger partial charge on any atom is -0.392 e. The molecule has 0 radical (unpaired) electrons. The van der Waals surface area contributed by atoms with Gasteiger partial charge < -0.3 is 15.3 Å². The second-order valence-electron chi connectivity index (χ2n) is 6.73. The number of hydrogen-bond donors (Lipinski definition) is 2. The van der Waals surface area contributed by atoms with E-state index in [1.165, 1.54) is 0 Å². The van der Waals surface area contributed by atoms with Crippen LogP contribution in [0.25, 0.3) is 0 Å². The molecule has 2 amide bonds. The maximum atomic E-state index is 12.9. The Balaban J connectivity index is 1.89. The van der Waals surface area contributed by atoms with E-state index in [1.54, 1.807) is 16.6 Å². The SMILES string of the molecule is Cc1nn(C)c(C(=O)N2CC[C@@H](O)[C@@]3(CCCNC3=O)C2)c1C. The van der Waals surface area contributed by atoms with Gasteiger partial charge in [-0.05, 0) is 33.1 Å². The van der Waals surface area contributed by atoms with Crippen molar-refractivity contribution in [3.63, 3.8) is 0 Å². The first-order valence-electron chi connectivity index (χ1n) is 8.12. The molecule has 2 aliphatic rings. The summed E-state index contributed by atoms with van der Waals surface area (Å²) in [5, 5.41) is 17.6. The molecule has 126 valence electrons. The van der Waals surface area contributed by atoms with Crippen molar-refractivity contribution >= 4 is 11.8 Å². The molecular formula is C16H24N4O3. The van der Waals surface area contributed by atoms with Gasteiger partial charge in [0.05, 0.1) is 17.2 Å². The fourth-order valence-corrected chi connectivity index (χ4v) is 3.83. The van der Waals surface area contributed by atoms with Crippen LogP contribution < -0.4 is 5.32 Å². The van der Waals surface area contributed by atoms with Crippen LogP contribution in [0.4, 0.5) is 0 Å². The highest BCUT2D eigenvalue weighted by molar-refractivity contribution is 5.95. The first-order chi connectivity index (χ1) is 10.9. The van der Waals surface area contributed by atoms with Crippen molar-refractivity contribution in [1.82, 2.24) is 20.0 Å². The second kappa shape index (κ2) is 5.63. The zero-order chi connectivity index (χ0) is 16.8. The normalized spacial score (nSPS) is 28.1. The first-order valence-corrected chi connectivity index (χ1v) is 8.12. The van der Waals surface area contributed by atoms with Crippen LogP contribution in [0, 0.1) is 19.3 Å². The number of likely N-dealkylation sites (tertiary alicyclic amines) is 1. The van der Waals surface area contributed by atoms with E-state index in [0.29, 0.717) is 31.6 Å². The summed E-state index contributed by atoms with van der Waals surface area (Å²) in [5.41, 5.74) is 1.39. The first kappa shape index (κ1) is 16.0. The molecule has 3 heterocycles. The van der Waals surface area contributed by atoms with Gasteiger partial charge in [0, 0.05) is 32.2 Å². The molecule has 2 atom stereocenters. The predicted octanol–water partition coefficient (Wildman–Crippen LogP) is 0.140. The van der Waals surface area contributed by atoms with Crippen LogP contribution in [0.1, 0.15) is 41.0 Å². The van der Waals surface area contributed by atoms with Crippen molar-refractivity contribution in [1.29, 1.82) is 0 Å². The van der Waals surface area contributed by atoms with Crippen molar-refractivity contribution in [2.24, 2.45) is 12.5 Å². The standard InChI is InChI=1S/C16H24N4O3/c1-10-11(2)18-19(3)13(10)14(22)20-8-5-12(21)16(9-20)6-4-7-17-15(16)23/h12,21H,4-9H2,1-3H3,(H,17,23)/t12-,16-/m1/s1. The van der Waals surface area contributed by atoms with Crippen LogP contribution in [0.2, 0.25) is 0 Å². The van der Waals surface area contributed by atoms with Crippen molar-refractivity contribution in [2.45, 2.75) is 39.2 Å². The smallest absolute Gasteiger partial charge is 0.272 e. The van der Waals surface area contributed by atoms with E-state index in [-0.39, 0.29) is 18.4 Å². The Morgan fingerprint density at radius 3 is 2.78 bits per heavy atom. The fourth-order valence-electron chi connectivity index (χ4n) is 3.83. The van der Waals surface area contributed by atoms with E-state index >= 15 is 0 Å². The molecule has 1 aromatic heterocycles. The highest BCUT2D eigenvalue weighted by atomic mass is 16.3. The Morgan fingerprint density at radius 2 is 2.17 bits per heavy atom. The number of piperidine rings is 2. The Morgan fingerprint density at radius 1 is 1.43 bits per heavy atom. The third-order valence-corrected chi connectivity index (χ3v) is 5.33. The Hall–Kier alpha value is -1.89. The van der Waals surface area contributed by atoms with Crippen LogP contribution in [0.15, 0.2) is 0 Å². The average Bonchev–Trinajstić information content (AvgIpc) is 2.77. The van der Waals surface area contributed by atoms with E-state index < -0.39 is 11.5 Å². The lowest BCUT2D eigenvalue weighted by Crippen LogP contribution is -2.62. The molecule has 1 aromatic rings. The molecule has 23 heavy (non-hydrogen) atoms. The number of aryl methyl sites for hydroxylation is 2. The summed E-state index contributed by atoms with van der Waals surface area (Å²) in [6.45, 7) is 5.13. The summed E-state index contributed by atoms with van der Waals surface area (Å²) in [6, 6.07) is 0. The molecule has 0 aromatic carbocycles. The molecule has 2 saturated heterocycles. The molecule has 0 bridgehead atoms. The zero-order valence-electron chi connectivity index (χ0n) is 13.9. The minimum absolute atomic E-state index is 0.116.